The van der Waals surface area contributed by atoms with Crippen molar-refractivity contribution < 1.29 is 9.13 Å². The predicted molar refractivity (Wildman–Crippen MR) is 50.7 cm³/mol. The lowest BCUT2D eigenvalue weighted by molar-refractivity contribution is 0.154. The van der Waals surface area contributed by atoms with Gasteiger partial charge >= 0.3 is 0 Å². The van der Waals surface area contributed by atoms with Crippen LogP contribution in [0.15, 0.2) is 18.3 Å². The highest BCUT2D eigenvalue weighted by Crippen LogP contribution is 2.18. The van der Waals surface area contributed by atoms with Crippen molar-refractivity contribution in [3.63, 3.8) is 0 Å². The fraction of sp³-hybridized carbons (Fsp3) is 0.500. The minimum absolute atomic E-state index is 0.120. The number of aromatic nitrogens is 1. The van der Waals surface area contributed by atoms with Gasteiger partial charge in [-0.25, -0.2) is 4.98 Å². The molecule has 0 radical (unpaired) electrons. The molecule has 0 atom stereocenters. The Balaban J connectivity index is 1.99. The van der Waals surface area contributed by atoms with Crippen LogP contribution < -0.4 is 10.1 Å². The number of hydrogen-bond donors (Lipinski definition) is 1. The molecule has 2 rings (SSSR count). The Bertz CT molecular complexity index is 300. The Kier molecular flexibility index (Phi) is 2.93. The molecular formula is C10H13FN2O. The molecular weight excluding hydrogens is 183 g/mol. The van der Waals surface area contributed by atoms with Crippen LogP contribution in [0.4, 0.5) is 4.39 Å². The van der Waals surface area contributed by atoms with Crippen LogP contribution in [0.3, 0.4) is 0 Å². The van der Waals surface area contributed by atoms with Gasteiger partial charge in [0.05, 0.1) is 0 Å². The van der Waals surface area contributed by atoms with E-state index in [2.05, 4.69) is 10.3 Å². The van der Waals surface area contributed by atoms with Gasteiger partial charge in [-0.1, -0.05) is 0 Å². The number of hydrogen-bond acceptors (Lipinski definition) is 3. The van der Waals surface area contributed by atoms with E-state index in [-0.39, 0.29) is 11.9 Å². The van der Waals surface area contributed by atoms with Gasteiger partial charge < -0.3 is 10.1 Å². The van der Waals surface area contributed by atoms with E-state index in [0.29, 0.717) is 0 Å². The van der Waals surface area contributed by atoms with E-state index in [0.717, 1.165) is 25.9 Å². The first kappa shape index (κ1) is 9.40. The molecule has 0 aromatic carbocycles. The van der Waals surface area contributed by atoms with Crippen LogP contribution in [0.1, 0.15) is 12.8 Å². The number of rotatable bonds is 2. The second kappa shape index (κ2) is 4.37. The number of piperidine rings is 1. The zero-order valence-corrected chi connectivity index (χ0v) is 7.87. The summed E-state index contributed by atoms with van der Waals surface area (Å²) in [4.78, 5) is 3.54. The molecule has 1 N–H and O–H groups in total. The molecule has 0 amide bonds. The molecule has 4 heteroatoms. The summed E-state index contributed by atoms with van der Waals surface area (Å²) in [6, 6.07) is 3.30. The van der Waals surface area contributed by atoms with Gasteiger partial charge in [-0.3, -0.25) is 0 Å². The van der Waals surface area contributed by atoms with E-state index in [1.807, 2.05) is 0 Å². The van der Waals surface area contributed by atoms with Crippen molar-refractivity contribution >= 4 is 0 Å². The first-order valence-electron chi connectivity index (χ1n) is 4.84. The lowest BCUT2D eigenvalue weighted by atomic mass is 10.1. The Morgan fingerprint density at radius 3 is 2.93 bits per heavy atom. The molecule has 2 heterocycles. The van der Waals surface area contributed by atoms with Gasteiger partial charge in [0.1, 0.15) is 6.10 Å². The topological polar surface area (TPSA) is 34.1 Å². The third-order valence-corrected chi connectivity index (χ3v) is 2.30. The van der Waals surface area contributed by atoms with E-state index in [1.54, 1.807) is 12.1 Å². The molecule has 0 spiro atoms. The van der Waals surface area contributed by atoms with Crippen LogP contribution in [0, 0.1) is 5.95 Å². The first-order valence-corrected chi connectivity index (χ1v) is 4.84. The van der Waals surface area contributed by atoms with Crippen LogP contribution in [0.25, 0.3) is 0 Å². The summed E-state index contributed by atoms with van der Waals surface area (Å²) >= 11 is 0. The maximum Gasteiger partial charge on any atom is 0.255 e. The smallest absolute Gasteiger partial charge is 0.255 e. The summed E-state index contributed by atoms with van der Waals surface area (Å²) in [7, 11) is 0. The van der Waals surface area contributed by atoms with Gasteiger partial charge in [0, 0.05) is 6.20 Å². The Hall–Kier alpha value is -1.16. The summed E-state index contributed by atoms with van der Waals surface area (Å²) in [5.41, 5.74) is 0. The number of halogens is 1. The Morgan fingerprint density at radius 2 is 2.21 bits per heavy atom. The molecule has 1 aliphatic heterocycles. The van der Waals surface area contributed by atoms with E-state index < -0.39 is 5.95 Å². The average molecular weight is 196 g/mol. The van der Waals surface area contributed by atoms with Crippen LogP contribution >= 0.6 is 0 Å². The lowest BCUT2D eigenvalue weighted by Crippen LogP contribution is -2.34. The fourth-order valence-corrected chi connectivity index (χ4v) is 1.55. The molecule has 14 heavy (non-hydrogen) atoms. The number of nitrogens with zero attached hydrogens (tertiary/aromatic N) is 1. The molecule has 1 aliphatic rings. The zero-order valence-electron chi connectivity index (χ0n) is 7.87. The van der Waals surface area contributed by atoms with Crippen molar-refractivity contribution in [3.05, 3.63) is 24.3 Å². The summed E-state index contributed by atoms with van der Waals surface area (Å²) in [6.07, 6.45) is 3.39. The Labute approximate surface area is 82.3 Å². The number of pyridine rings is 1. The predicted octanol–water partition coefficient (Wildman–Crippen LogP) is 1.35. The molecule has 3 nitrogen and oxygen atoms in total. The van der Waals surface area contributed by atoms with Crippen LogP contribution in [0.2, 0.25) is 0 Å². The van der Waals surface area contributed by atoms with Crippen molar-refractivity contribution in [1.29, 1.82) is 0 Å². The van der Waals surface area contributed by atoms with E-state index in [1.165, 1.54) is 6.20 Å². The minimum Gasteiger partial charge on any atom is -0.486 e. The number of nitrogens with one attached hydrogen (secondary N) is 1. The van der Waals surface area contributed by atoms with Crippen molar-refractivity contribution in [3.8, 4) is 5.75 Å². The average Bonchev–Trinajstić information content (AvgIpc) is 2.23. The molecule has 0 aliphatic carbocycles. The highest BCUT2D eigenvalue weighted by molar-refractivity contribution is 5.18. The Morgan fingerprint density at radius 1 is 1.43 bits per heavy atom. The normalized spacial score (nSPS) is 18.1. The standard InChI is InChI=1S/C10H13FN2O/c11-10-9(2-1-5-13-10)14-8-3-6-12-7-4-8/h1-2,5,8,12H,3-4,6-7H2. The maximum absolute atomic E-state index is 13.1. The number of ether oxygens (including phenoxy) is 1. The van der Waals surface area contributed by atoms with Gasteiger partial charge in [-0.15, -0.1) is 0 Å². The van der Waals surface area contributed by atoms with Crippen LogP contribution in [0.5, 0.6) is 5.75 Å². The molecule has 1 fully saturated rings. The fourth-order valence-electron chi connectivity index (χ4n) is 1.55. The third kappa shape index (κ3) is 2.20. The van der Waals surface area contributed by atoms with E-state index in [9.17, 15) is 4.39 Å². The van der Waals surface area contributed by atoms with Crippen molar-refractivity contribution in [2.75, 3.05) is 13.1 Å². The first-order chi connectivity index (χ1) is 6.86. The van der Waals surface area contributed by atoms with Crippen molar-refractivity contribution in [2.24, 2.45) is 0 Å². The van der Waals surface area contributed by atoms with Crippen LogP contribution in [-0.2, 0) is 0 Å². The molecule has 0 saturated carbocycles. The van der Waals surface area contributed by atoms with Gasteiger partial charge in [-0.05, 0) is 38.1 Å². The zero-order chi connectivity index (χ0) is 9.80. The van der Waals surface area contributed by atoms with Crippen LogP contribution in [-0.4, -0.2) is 24.2 Å². The maximum atomic E-state index is 13.1. The summed E-state index contributed by atoms with van der Waals surface area (Å²) in [5, 5.41) is 3.23. The lowest BCUT2D eigenvalue weighted by Gasteiger charge is -2.23. The second-order valence-corrected chi connectivity index (χ2v) is 3.36. The van der Waals surface area contributed by atoms with Gasteiger partial charge in [-0.2, -0.15) is 4.39 Å². The van der Waals surface area contributed by atoms with Crippen molar-refractivity contribution in [1.82, 2.24) is 10.3 Å². The van der Waals surface area contributed by atoms with Gasteiger partial charge in [0.25, 0.3) is 5.95 Å². The summed E-state index contributed by atoms with van der Waals surface area (Å²) < 4.78 is 18.6. The quantitative estimate of drug-likeness (QED) is 0.725. The monoisotopic (exact) mass is 196 g/mol. The molecule has 0 bridgehead atoms. The molecule has 76 valence electrons. The largest absolute Gasteiger partial charge is 0.486 e. The summed E-state index contributed by atoms with van der Waals surface area (Å²) in [5.74, 6) is -0.259. The van der Waals surface area contributed by atoms with Gasteiger partial charge in [0.2, 0.25) is 0 Å². The van der Waals surface area contributed by atoms with E-state index in [4.69, 9.17) is 4.74 Å². The molecule has 1 aromatic heterocycles. The second-order valence-electron chi connectivity index (χ2n) is 3.36. The molecule has 1 saturated heterocycles. The molecule has 0 unspecified atom stereocenters. The highest BCUT2D eigenvalue weighted by Gasteiger charge is 2.16. The minimum atomic E-state index is -0.522. The summed E-state index contributed by atoms with van der Waals surface area (Å²) in [6.45, 7) is 1.87. The van der Waals surface area contributed by atoms with Crippen molar-refractivity contribution in [2.45, 2.75) is 18.9 Å². The highest BCUT2D eigenvalue weighted by atomic mass is 19.1. The SMILES string of the molecule is Fc1ncccc1OC1CCNCC1. The van der Waals surface area contributed by atoms with E-state index >= 15 is 0 Å². The molecule has 1 aromatic rings. The third-order valence-electron chi connectivity index (χ3n) is 2.30. The van der Waals surface area contributed by atoms with Gasteiger partial charge in [0.15, 0.2) is 5.75 Å².